The number of carboxylic acids is 1. The van der Waals surface area contributed by atoms with Gasteiger partial charge in [0.25, 0.3) is 0 Å². The summed E-state index contributed by atoms with van der Waals surface area (Å²) in [7, 11) is 1.58. The smallest absolute Gasteiger partial charge is 0.329 e. The molecule has 3 rings (SSSR count). The van der Waals surface area contributed by atoms with Crippen molar-refractivity contribution < 1.29 is 14.6 Å². The monoisotopic (exact) mass is 375 g/mol. The molecule has 144 valence electrons. The predicted molar refractivity (Wildman–Crippen MR) is 112 cm³/mol. The molecule has 2 N–H and O–H groups in total. The predicted octanol–water partition coefficient (Wildman–Crippen LogP) is 5.17. The largest absolute Gasteiger partial charge is 0.495 e. The lowest BCUT2D eigenvalue weighted by Gasteiger charge is -2.32. The van der Waals surface area contributed by atoms with Gasteiger partial charge in [0.2, 0.25) is 0 Å². The molecule has 28 heavy (non-hydrogen) atoms. The van der Waals surface area contributed by atoms with Crippen LogP contribution in [-0.4, -0.2) is 23.7 Å². The minimum Gasteiger partial charge on any atom is -0.495 e. The molecular formula is C24H25NO3. The maximum absolute atomic E-state index is 12.3. The quantitative estimate of drug-likeness (QED) is 0.570. The van der Waals surface area contributed by atoms with E-state index in [2.05, 4.69) is 5.32 Å². The number of carbonyl (C=O) groups is 1. The number of hydrogen-bond donors (Lipinski definition) is 2. The van der Waals surface area contributed by atoms with Gasteiger partial charge in [-0.3, -0.25) is 0 Å². The van der Waals surface area contributed by atoms with E-state index < -0.39 is 11.5 Å². The molecule has 0 aromatic heterocycles. The van der Waals surface area contributed by atoms with Gasteiger partial charge in [-0.05, 0) is 36.6 Å². The number of rotatable bonds is 8. The number of para-hydroxylation sites is 2. The zero-order valence-electron chi connectivity index (χ0n) is 16.1. The highest BCUT2D eigenvalue weighted by molar-refractivity contribution is 5.83. The number of nitrogens with one attached hydrogen (secondary N) is 1. The summed E-state index contributed by atoms with van der Waals surface area (Å²) in [5.41, 5.74) is 1.64. The molecule has 3 aromatic carbocycles. The van der Waals surface area contributed by atoms with Crippen molar-refractivity contribution in [1.29, 1.82) is 0 Å². The van der Waals surface area contributed by atoms with Gasteiger partial charge in [-0.1, -0.05) is 72.8 Å². The molecular weight excluding hydrogens is 350 g/mol. The zero-order chi connectivity index (χ0) is 20.0. The van der Waals surface area contributed by atoms with Gasteiger partial charge in [-0.25, -0.2) is 4.79 Å². The van der Waals surface area contributed by atoms with Crippen molar-refractivity contribution in [3.05, 3.63) is 96.1 Å². The third-order valence-corrected chi connectivity index (χ3v) is 5.01. The lowest BCUT2D eigenvalue weighted by atomic mass is 9.80. The molecule has 3 aromatic rings. The SMILES string of the molecule is COc1ccccc1NC(C)(CC(c1ccccc1)c1ccccc1)C(=O)O. The number of carboxylic acid groups (broad SMARTS) is 1. The van der Waals surface area contributed by atoms with Gasteiger partial charge in [-0.2, -0.15) is 0 Å². The van der Waals surface area contributed by atoms with Crippen molar-refractivity contribution in [3.63, 3.8) is 0 Å². The van der Waals surface area contributed by atoms with Crippen molar-refractivity contribution in [2.24, 2.45) is 0 Å². The number of ether oxygens (including phenoxy) is 1. The fourth-order valence-electron chi connectivity index (χ4n) is 3.44. The van der Waals surface area contributed by atoms with Crippen molar-refractivity contribution in [2.45, 2.75) is 24.8 Å². The summed E-state index contributed by atoms with van der Waals surface area (Å²) in [5, 5.41) is 13.3. The molecule has 1 atom stereocenters. The number of anilines is 1. The van der Waals surface area contributed by atoms with Gasteiger partial charge in [0.05, 0.1) is 12.8 Å². The Morgan fingerprint density at radius 3 is 1.93 bits per heavy atom. The first kappa shape index (κ1) is 19.5. The second-order valence-corrected chi connectivity index (χ2v) is 7.04. The summed E-state index contributed by atoms with van der Waals surface area (Å²) in [6.45, 7) is 1.72. The maximum Gasteiger partial charge on any atom is 0.329 e. The number of aliphatic carboxylic acids is 1. The highest BCUT2D eigenvalue weighted by Crippen LogP contribution is 2.36. The Kier molecular flexibility index (Phi) is 5.99. The lowest BCUT2D eigenvalue weighted by molar-refractivity contribution is -0.142. The van der Waals surface area contributed by atoms with Gasteiger partial charge in [-0.15, -0.1) is 0 Å². The lowest BCUT2D eigenvalue weighted by Crippen LogP contribution is -2.45. The summed E-state index contributed by atoms with van der Waals surface area (Å²) in [4.78, 5) is 12.3. The van der Waals surface area contributed by atoms with Crippen LogP contribution in [0.4, 0.5) is 5.69 Å². The Morgan fingerprint density at radius 2 is 1.43 bits per heavy atom. The van der Waals surface area contributed by atoms with Crippen molar-refractivity contribution in [2.75, 3.05) is 12.4 Å². The van der Waals surface area contributed by atoms with E-state index in [1.54, 1.807) is 14.0 Å². The second-order valence-electron chi connectivity index (χ2n) is 7.04. The summed E-state index contributed by atoms with van der Waals surface area (Å²) >= 11 is 0. The topological polar surface area (TPSA) is 58.6 Å². The third-order valence-electron chi connectivity index (χ3n) is 5.01. The highest BCUT2D eigenvalue weighted by Gasteiger charge is 2.37. The minimum absolute atomic E-state index is 0.0642. The molecule has 0 amide bonds. The van der Waals surface area contributed by atoms with Crippen LogP contribution in [-0.2, 0) is 4.79 Å². The second kappa shape index (κ2) is 8.61. The fraction of sp³-hybridized carbons (Fsp3) is 0.208. The summed E-state index contributed by atoms with van der Waals surface area (Å²) < 4.78 is 5.39. The first-order chi connectivity index (χ1) is 13.5. The first-order valence-corrected chi connectivity index (χ1v) is 9.28. The van der Waals surface area contributed by atoms with Gasteiger partial charge < -0.3 is 15.2 Å². The van der Waals surface area contributed by atoms with Crippen molar-refractivity contribution in [1.82, 2.24) is 0 Å². The van der Waals surface area contributed by atoms with Crippen LogP contribution in [0.2, 0.25) is 0 Å². The van der Waals surface area contributed by atoms with E-state index in [4.69, 9.17) is 4.74 Å². The van der Waals surface area contributed by atoms with Crippen LogP contribution in [0.1, 0.15) is 30.4 Å². The van der Waals surface area contributed by atoms with E-state index in [1.807, 2.05) is 84.9 Å². The highest BCUT2D eigenvalue weighted by atomic mass is 16.5. The fourth-order valence-corrected chi connectivity index (χ4v) is 3.44. The molecule has 4 nitrogen and oxygen atoms in total. The van der Waals surface area contributed by atoms with Crippen molar-refractivity contribution >= 4 is 11.7 Å². The Balaban J connectivity index is 1.99. The Morgan fingerprint density at radius 1 is 0.929 bits per heavy atom. The van der Waals surface area contributed by atoms with E-state index in [1.165, 1.54) is 0 Å². The van der Waals surface area contributed by atoms with Gasteiger partial charge >= 0.3 is 5.97 Å². The Hall–Kier alpha value is -3.27. The van der Waals surface area contributed by atoms with E-state index in [9.17, 15) is 9.90 Å². The molecule has 0 spiro atoms. The first-order valence-electron chi connectivity index (χ1n) is 9.28. The molecule has 0 radical (unpaired) electrons. The molecule has 0 aliphatic rings. The van der Waals surface area contributed by atoms with Crippen molar-refractivity contribution in [3.8, 4) is 5.75 Å². The molecule has 0 bridgehead atoms. The molecule has 4 heteroatoms. The number of benzene rings is 3. The summed E-state index contributed by atoms with van der Waals surface area (Å²) in [6, 6.07) is 27.4. The molecule has 1 unspecified atom stereocenters. The van der Waals surface area contributed by atoms with Gasteiger partial charge in [0.1, 0.15) is 11.3 Å². The van der Waals surface area contributed by atoms with Crippen LogP contribution in [0.25, 0.3) is 0 Å². The average Bonchev–Trinajstić information content (AvgIpc) is 2.73. The molecule has 0 saturated heterocycles. The minimum atomic E-state index is -1.19. The normalized spacial score (nSPS) is 13.0. The average molecular weight is 375 g/mol. The Bertz CT molecular complexity index is 872. The molecule has 0 heterocycles. The van der Waals surface area contributed by atoms with Gasteiger partial charge in [0, 0.05) is 5.92 Å². The van der Waals surface area contributed by atoms with Crippen LogP contribution in [0.3, 0.4) is 0 Å². The summed E-state index contributed by atoms with van der Waals surface area (Å²) in [5.74, 6) is -0.355. The molecule has 0 saturated carbocycles. The van der Waals surface area contributed by atoms with Crippen LogP contribution in [0.15, 0.2) is 84.9 Å². The molecule has 0 aliphatic heterocycles. The van der Waals surface area contributed by atoms with Crippen LogP contribution >= 0.6 is 0 Å². The molecule has 0 aliphatic carbocycles. The van der Waals surface area contributed by atoms with Gasteiger partial charge in [0.15, 0.2) is 0 Å². The van der Waals surface area contributed by atoms with E-state index >= 15 is 0 Å². The number of methoxy groups -OCH3 is 1. The Labute approximate surface area is 165 Å². The van der Waals surface area contributed by atoms with E-state index in [-0.39, 0.29) is 5.92 Å². The van der Waals surface area contributed by atoms with E-state index in [0.29, 0.717) is 17.9 Å². The zero-order valence-corrected chi connectivity index (χ0v) is 16.1. The van der Waals surface area contributed by atoms with Crippen LogP contribution in [0.5, 0.6) is 5.75 Å². The van der Waals surface area contributed by atoms with E-state index in [0.717, 1.165) is 11.1 Å². The van der Waals surface area contributed by atoms with Crippen LogP contribution < -0.4 is 10.1 Å². The third kappa shape index (κ3) is 4.34. The number of hydrogen-bond acceptors (Lipinski definition) is 3. The van der Waals surface area contributed by atoms with Crippen LogP contribution in [0, 0.1) is 0 Å². The molecule has 0 fully saturated rings. The summed E-state index contributed by atoms with van der Waals surface area (Å²) in [6.07, 6.45) is 0.383. The maximum atomic E-state index is 12.3. The standard InChI is InChI=1S/C24H25NO3/c1-24(23(26)27,25-21-15-9-10-16-22(21)28-2)17-20(18-11-5-3-6-12-18)19-13-7-4-8-14-19/h3-16,20,25H,17H2,1-2H3,(H,26,27).